The lowest BCUT2D eigenvalue weighted by Gasteiger charge is -2.28. The van der Waals surface area contributed by atoms with E-state index in [1.807, 2.05) is 6.92 Å². The van der Waals surface area contributed by atoms with E-state index in [2.05, 4.69) is 0 Å². The van der Waals surface area contributed by atoms with Gasteiger partial charge in [0.1, 0.15) is 17.8 Å². The lowest BCUT2D eigenvalue weighted by atomic mass is 9.96. The highest BCUT2D eigenvalue weighted by atomic mass is 16.6. The molecule has 0 spiro atoms. The van der Waals surface area contributed by atoms with E-state index in [0.29, 0.717) is 6.61 Å². The first-order chi connectivity index (χ1) is 5.20. The summed E-state index contributed by atoms with van der Waals surface area (Å²) in [5.74, 6) is 0. The van der Waals surface area contributed by atoms with Gasteiger partial charge in [-0.15, -0.1) is 0 Å². The van der Waals surface area contributed by atoms with Crippen LogP contribution in [0.1, 0.15) is 15.2 Å². The maximum absolute atomic E-state index is 9.58. The van der Waals surface area contributed by atoms with Crippen molar-refractivity contribution in [3.63, 3.8) is 0 Å². The number of ether oxygens (including phenoxy) is 2. The summed E-state index contributed by atoms with van der Waals surface area (Å²) in [7, 11) is 0. The first-order valence-electron chi connectivity index (χ1n) is 4.18. The van der Waals surface area contributed by atoms with Crippen LogP contribution in [0.25, 0.3) is 0 Å². The van der Waals surface area contributed by atoms with Crippen molar-refractivity contribution in [3.05, 3.63) is 0 Å². The molecule has 0 amide bonds. The average Bonchev–Trinajstić information content (AvgIpc) is 2.42. The van der Waals surface area contributed by atoms with Crippen molar-refractivity contribution in [1.82, 2.24) is 0 Å². The zero-order chi connectivity index (χ0) is 8.06. The Hall–Kier alpha value is -0.120. The second-order valence-corrected chi connectivity index (χ2v) is 3.03. The molecular weight excluding hydrogens is 132 g/mol. The molecule has 2 fully saturated rings. The maximum atomic E-state index is 9.58. The molecule has 0 aromatic carbocycles. The van der Waals surface area contributed by atoms with Gasteiger partial charge in [-0.2, -0.15) is 0 Å². The molecule has 0 aliphatic carbocycles. The molecule has 0 aromatic rings. The molecule has 2 aliphatic heterocycles. The molecule has 0 unspecified atom stereocenters. The van der Waals surface area contributed by atoms with E-state index in [-0.39, 0.29) is 19.1 Å². The van der Waals surface area contributed by atoms with Gasteiger partial charge >= 0.3 is 0 Å². The molecule has 0 saturated carbocycles. The summed E-state index contributed by atoms with van der Waals surface area (Å²) in [6.07, 6.45) is -0.945. The van der Waals surface area contributed by atoms with E-state index >= 15 is 0 Å². The molecule has 0 aromatic heterocycles. The Balaban J connectivity index is 2.28. The van der Waals surface area contributed by atoms with Gasteiger partial charge in [0, 0.05) is 1.37 Å². The number of fused-ring (bicyclic) bond motifs is 2. The molecule has 2 rings (SSSR count). The third-order valence-corrected chi connectivity index (χ3v) is 2.44. The molecule has 0 radical (unpaired) electrons. The van der Waals surface area contributed by atoms with E-state index < -0.39 is 11.7 Å². The maximum Gasteiger partial charge on any atom is 0.120 e. The molecule has 10 heavy (non-hydrogen) atoms. The van der Waals surface area contributed by atoms with Gasteiger partial charge in [0.25, 0.3) is 0 Å². The lowest BCUT2D eigenvalue weighted by Crippen LogP contribution is -2.42. The number of rotatable bonds is 0. The minimum atomic E-state index is -0.731. The van der Waals surface area contributed by atoms with Gasteiger partial charge < -0.3 is 14.6 Å². The Labute approximate surface area is 61.3 Å². The van der Waals surface area contributed by atoms with Crippen LogP contribution in [0, 0.1) is 0 Å². The number of hydrogen-bond acceptors (Lipinski definition) is 3. The zero-order valence-corrected chi connectivity index (χ0v) is 5.91. The summed E-state index contributed by atoms with van der Waals surface area (Å²) in [4.78, 5) is 0. The largest absolute Gasteiger partial charge is 0.387 e. The quantitative estimate of drug-likeness (QED) is 0.518. The fourth-order valence-electron chi connectivity index (χ4n) is 1.58. The zero-order valence-electron chi connectivity index (χ0n) is 6.91. The molecule has 2 bridgehead atoms. The monoisotopic (exact) mass is 145 g/mol. The summed E-state index contributed by atoms with van der Waals surface area (Å²) in [6, 6.07) is 0. The molecule has 2 saturated heterocycles. The number of aliphatic hydroxyl groups excluding tert-OH is 1. The molecule has 2 heterocycles. The van der Waals surface area contributed by atoms with E-state index in [1.165, 1.54) is 0 Å². The van der Waals surface area contributed by atoms with Crippen LogP contribution in [0.3, 0.4) is 0 Å². The third-order valence-electron chi connectivity index (χ3n) is 2.44. The number of hydrogen-bond donors (Lipinski definition) is 1. The van der Waals surface area contributed by atoms with Crippen LogP contribution in [0.5, 0.6) is 0 Å². The summed E-state index contributed by atoms with van der Waals surface area (Å²) >= 11 is 0. The van der Waals surface area contributed by atoms with Crippen LogP contribution in [0.2, 0.25) is 0 Å². The third kappa shape index (κ3) is 0.557. The Bertz CT molecular complexity index is 175. The first-order valence-corrected chi connectivity index (χ1v) is 3.47. The van der Waals surface area contributed by atoms with Gasteiger partial charge in [-0.25, -0.2) is 0 Å². The molecule has 3 nitrogen and oxygen atoms in total. The minimum Gasteiger partial charge on any atom is -0.387 e. The number of aliphatic hydroxyl groups is 1. The highest BCUT2D eigenvalue weighted by Gasteiger charge is 2.57. The van der Waals surface area contributed by atoms with Gasteiger partial charge in [0.2, 0.25) is 0 Å². The van der Waals surface area contributed by atoms with Crippen molar-refractivity contribution in [1.29, 1.82) is 0 Å². The van der Waals surface area contributed by atoms with E-state index in [1.54, 1.807) is 0 Å². The van der Waals surface area contributed by atoms with Crippen LogP contribution in [-0.4, -0.2) is 35.6 Å². The Morgan fingerprint density at radius 2 is 2.60 bits per heavy atom. The van der Waals surface area contributed by atoms with Crippen molar-refractivity contribution in [2.45, 2.75) is 37.7 Å². The Morgan fingerprint density at radius 3 is 2.90 bits per heavy atom. The van der Waals surface area contributed by atoms with Crippen LogP contribution in [0.4, 0.5) is 0 Å². The predicted molar refractivity (Wildman–Crippen MR) is 34.7 cm³/mol. The van der Waals surface area contributed by atoms with Crippen LogP contribution in [0.15, 0.2) is 0 Å². The summed E-state index contributed by atoms with van der Waals surface area (Å²) < 4.78 is 18.0. The van der Waals surface area contributed by atoms with Gasteiger partial charge in [-0.05, 0) is 13.8 Å². The molecular formula is C7H12O3. The van der Waals surface area contributed by atoms with E-state index in [9.17, 15) is 5.11 Å². The SMILES string of the molecule is [2H]C[C@]12OC[C@H](O[C@@H]1C)[C@@H]2O. The molecule has 3 heteroatoms. The van der Waals surface area contributed by atoms with Crippen molar-refractivity contribution in [3.8, 4) is 0 Å². The van der Waals surface area contributed by atoms with Crippen molar-refractivity contribution in [2.75, 3.05) is 6.61 Å². The summed E-state index contributed by atoms with van der Waals surface area (Å²) in [5.41, 5.74) is -0.731. The molecule has 1 N–H and O–H groups in total. The average molecular weight is 145 g/mol. The van der Waals surface area contributed by atoms with E-state index in [4.69, 9.17) is 10.8 Å². The van der Waals surface area contributed by atoms with E-state index in [0.717, 1.165) is 0 Å². The van der Waals surface area contributed by atoms with Gasteiger partial charge in [0.15, 0.2) is 0 Å². The summed E-state index contributed by atoms with van der Waals surface area (Å²) in [5, 5.41) is 9.58. The second-order valence-electron chi connectivity index (χ2n) is 3.03. The normalized spacial score (nSPS) is 61.0. The first kappa shape index (κ1) is 5.52. The summed E-state index contributed by atoms with van der Waals surface area (Å²) in [6.45, 7) is 2.35. The fraction of sp³-hybridized carbons (Fsp3) is 1.00. The lowest BCUT2D eigenvalue weighted by molar-refractivity contribution is -0.133. The van der Waals surface area contributed by atoms with Gasteiger partial charge in [-0.1, -0.05) is 0 Å². The van der Waals surface area contributed by atoms with Crippen LogP contribution in [-0.2, 0) is 9.47 Å². The Morgan fingerprint density at radius 1 is 1.80 bits per heavy atom. The Kier molecular flexibility index (Phi) is 0.952. The molecule has 4 atom stereocenters. The smallest absolute Gasteiger partial charge is 0.120 e. The molecule has 2 aliphatic rings. The van der Waals surface area contributed by atoms with Crippen LogP contribution < -0.4 is 0 Å². The highest BCUT2D eigenvalue weighted by Crippen LogP contribution is 2.39. The topological polar surface area (TPSA) is 38.7 Å². The van der Waals surface area contributed by atoms with Gasteiger partial charge in [-0.3, -0.25) is 0 Å². The highest BCUT2D eigenvalue weighted by molar-refractivity contribution is 5.05. The standard InChI is InChI=1S/C7H12O3/c1-4-7(2)6(8)5(10-4)3-9-7/h4-6,8H,3H2,1-2H3/t4-,5+,6+,7+/m1/s1/i2D. The van der Waals surface area contributed by atoms with Crippen molar-refractivity contribution in [2.24, 2.45) is 0 Å². The van der Waals surface area contributed by atoms with Crippen molar-refractivity contribution < 1.29 is 16.0 Å². The van der Waals surface area contributed by atoms with Gasteiger partial charge in [0.05, 0.1) is 12.7 Å². The second kappa shape index (κ2) is 1.72. The minimum absolute atomic E-state index is 0.0752. The van der Waals surface area contributed by atoms with Crippen LogP contribution >= 0.6 is 0 Å². The van der Waals surface area contributed by atoms with Crippen molar-refractivity contribution >= 4 is 0 Å². The fourth-order valence-corrected chi connectivity index (χ4v) is 1.58. The predicted octanol–water partition coefficient (Wildman–Crippen LogP) is -0.0765. The molecule has 58 valence electrons.